The molecule has 1 aliphatic rings. The van der Waals surface area contributed by atoms with Gasteiger partial charge in [-0.1, -0.05) is 45.0 Å². The second-order valence-corrected chi connectivity index (χ2v) is 6.71. The van der Waals surface area contributed by atoms with Crippen LogP contribution in [0.5, 0.6) is 0 Å². The first-order valence-corrected chi connectivity index (χ1v) is 8.11. The van der Waals surface area contributed by atoms with E-state index in [9.17, 15) is 4.79 Å². The van der Waals surface area contributed by atoms with E-state index < -0.39 is 0 Å². The zero-order valence-electron chi connectivity index (χ0n) is 13.9. The second kappa shape index (κ2) is 8.54. The van der Waals surface area contributed by atoms with E-state index in [4.69, 9.17) is 0 Å². The molecule has 1 heterocycles. The first-order valence-electron chi connectivity index (χ1n) is 8.11. The van der Waals surface area contributed by atoms with Crippen LogP contribution in [0.25, 0.3) is 0 Å². The molecule has 1 unspecified atom stereocenters. The molecule has 1 atom stereocenters. The zero-order valence-corrected chi connectivity index (χ0v) is 14.8. The van der Waals surface area contributed by atoms with E-state index >= 15 is 0 Å². The van der Waals surface area contributed by atoms with Crippen molar-refractivity contribution in [1.29, 1.82) is 0 Å². The number of hydrogen-bond acceptors (Lipinski definition) is 2. The summed E-state index contributed by atoms with van der Waals surface area (Å²) in [6.45, 7) is 8.26. The molecule has 1 amide bonds. The first-order chi connectivity index (χ1) is 10.0. The molecule has 2 N–H and O–H groups in total. The van der Waals surface area contributed by atoms with Gasteiger partial charge in [0.05, 0.1) is 0 Å². The average molecular weight is 325 g/mol. The summed E-state index contributed by atoms with van der Waals surface area (Å²) < 4.78 is 0. The van der Waals surface area contributed by atoms with E-state index in [-0.39, 0.29) is 23.7 Å². The molecule has 0 bridgehead atoms. The quantitative estimate of drug-likeness (QED) is 0.843. The minimum Gasteiger partial charge on any atom is -0.355 e. The fourth-order valence-corrected chi connectivity index (χ4v) is 2.84. The minimum absolute atomic E-state index is 0. The summed E-state index contributed by atoms with van der Waals surface area (Å²) in [5.74, 6) is 0.160. The van der Waals surface area contributed by atoms with Crippen LogP contribution in [0, 0.1) is 0 Å². The monoisotopic (exact) mass is 324 g/mol. The molecular weight excluding hydrogens is 296 g/mol. The molecule has 0 spiro atoms. The normalized spacial score (nSPS) is 17.9. The summed E-state index contributed by atoms with van der Waals surface area (Å²) in [4.78, 5) is 12.0. The molecule has 0 aliphatic carbocycles. The number of aryl methyl sites for hydroxylation is 1. The van der Waals surface area contributed by atoms with Gasteiger partial charge >= 0.3 is 0 Å². The maximum Gasteiger partial charge on any atom is 0.221 e. The van der Waals surface area contributed by atoms with Gasteiger partial charge in [0.1, 0.15) is 0 Å². The van der Waals surface area contributed by atoms with Crippen LogP contribution in [0.15, 0.2) is 24.3 Å². The van der Waals surface area contributed by atoms with Gasteiger partial charge in [-0.2, -0.15) is 0 Å². The van der Waals surface area contributed by atoms with Crippen molar-refractivity contribution in [2.75, 3.05) is 13.1 Å². The van der Waals surface area contributed by atoms with E-state index in [1.807, 2.05) is 0 Å². The molecule has 124 valence electrons. The van der Waals surface area contributed by atoms with Gasteiger partial charge in [-0.25, -0.2) is 0 Å². The lowest BCUT2D eigenvalue weighted by atomic mass is 9.84. The Morgan fingerprint density at radius 2 is 2.00 bits per heavy atom. The number of carbonyl (C=O) groups excluding carboxylic acids is 1. The van der Waals surface area contributed by atoms with E-state index in [1.54, 1.807) is 0 Å². The third kappa shape index (κ3) is 5.29. The molecule has 0 aromatic heterocycles. The van der Waals surface area contributed by atoms with Crippen molar-refractivity contribution in [2.24, 2.45) is 0 Å². The predicted molar refractivity (Wildman–Crippen MR) is 94.7 cm³/mol. The Bertz CT molecular complexity index is 464. The SMILES string of the molecule is CCc1ccc(C(C)(C)CNC(=O)CC2CCCN2)cc1.Cl. The fraction of sp³-hybridized carbons (Fsp3) is 0.611. The summed E-state index contributed by atoms with van der Waals surface area (Å²) in [7, 11) is 0. The van der Waals surface area contributed by atoms with Crippen LogP contribution in [-0.2, 0) is 16.6 Å². The molecule has 1 aromatic rings. The number of carbonyl (C=O) groups is 1. The number of halogens is 1. The van der Waals surface area contributed by atoms with Gasteiger partial charge in [0.25, 0.3) is 0 Å². The average Bonchev–Trinajstić information content (AvgIpc) is 2.98. The van der Waals surface area contributed by atoms with E-state index in [0.29, 0.717) is 19.0 Å². The maximum atomic E-state index is 12.0. The van der Waals surface area contributed by atoms with Crippen LogP contribution < -0.4 is 10.6 Å². The lowest BCUT2D eigenvalue weighted by molar-refractivity contribution is -0.121. The highest BCUT2D eigenvalue weighted by atomic mass is 35.5. The number of rotatable bonds is 6. The summed E-state index contributed by atoms with van der Waals surface area (Å²) in [5.41, 5.74) is 2.59. The first kappa shape index (κ1) is 19.0. The molecule has 22 heavy (non-hydrogen) atoms. The molecule has 1 fully saturated rings. The van der Waals surface area contributed by atoms with Gasteiger partial charge in [-0.15, -0.1) is 12.4 Å². The maximum absolute atomic E-state index is 12.0. The lowest BCUT2D eigenvalue weighted by Gasteiger charge is -2.26. The molecule has 1 aliphatic heterocycles. The predicted octanol–water partition coefficient (Wildman–Crippen LogP) is 3.21. The number of hydrogen-bond donors (Lipinski definition) is 2. The van der Waals surface area contributed by atoms with Crippen LogP contribution in [0.3, 0.4) is 0 Å². The van der Waals surface area contributed by atoms with Crippen molar-refractivity contribution in [3.63, 3.8) is 0 Å². The van der Waals surface area contributed by atoms with Crippen LogP contribution in [0.2, 0.25) is 0 Å². The van der Waals surface area contributed by atoms with Gasteiger partial charge < -0.3 is 10.6 Å². The Kier molecular flexibility index (Phi) is 7.37. The van der Waals surface area contributed by atoms with Gasteiger partial charge in [-0.05, 0) is 36.9 Å². The van der Waals surface area contributed by atoms with Crippen LogP contribution in [-0.4, -0.2) is 25.0 Å². The van der Waals surface area contributed by atoms with Crippen molar-refractivity contribution in [3.05, 3.63) is 35.4 Å². The summed E-state index contributed by atoms with van der Waals surface area (Å²) >= 11 is 0. The highest BCUT2D eigenvalue weighted by molar-refractivity contribution is 5.85. The van der Waals surface area contributed by atoms with Crippen LogP contribution in [0.4, 0.5) is 0 Å². The highest BCUT2D eigenvalue weighted by Crippen LogP contribution is 2.23. The van der Waals surface area contributed by atoms with E-state index in [2.05, 4.69) is 55.7 Å². The Balaban J connectivity index is 0.00000242. The van der Waals surface area contributed by atoms with Gasteiger partial charge in [0.2, 0.25) is 5.91 Å². The van der Waals surface area contributed by atoms with Crippen molar-refractivity contribution in [3.8, 4) is 0 Å². The lowest BCUT2D eigenvalue weighted by Crippen LogP contribution is -2.39. The second-order valence-electron chi connectivity index (χ2n) is 6.71. The van der Waals surface area contributed by atoms with Crippen molar-refractivity contribution >= 4 is 18.3 Å². The fourth-order valence-electron chi connectivity index (χ4n) is 2.84. The molecule has 1 saturated heterocycles. The van der Waals surface area contributed by atoms with Gasteiger partial charge in [-0.3, -0.25) is 4.79 Å². The van der Waals surface area contributed by atoms with E-state index in [0.717, 1.165) is 19.4 Å². The standard InChI is InChI=1S/C18H28N2O.ClH/c1-4-14-7-9-15(10-8-14)18(2,3)13-20-17(21)12-16-6-5-11-19-16;/h7-10,16,19H,4-6,11-13H2,1-3H3,(H,20,21);1H. The molecule has 0 radical (unpaired) electrons. The molecule has 1 aromatic carbocycles. The van der Waals surface area contributed by atoms with Crippen LogP contribution >= 0.6 is 12.4 Å². The molecular formula is C18H29ClN2O. The largest absolute Gasteiger partial charge is 0.355 e. The highest BCUT2D eigenvalue weighted by Gasteiger charge is 2.23. The summed E-state index contributed by atoms with van der Waals surface area (Å²) in [5, 5.41) is 6.47. The van der Waals surface area contributed by atoms with Crippen molar-refractivity contribution in [1.82, 2.24) is 10.6 Å². The third-order valence-electron chi connectivity index (χ3n) is 4.47. The van der Waals surface area contributed by atoms with Gasteiger partial charge in [0, 0.05) is 24.4 Å². The van der Waals surface area contributed by atoms with E-state index in [1.165, 1.54) is 17.5 Å². The van der Waals surface area contributed by atoms with Crippen LogP contribution in [0.1, 0.15) is 51.2 Å². The topological polar surface area (TPSA) is 41.1 Å². The Morgan fingerprint density at radius 1 is 1.32 bits per heavy atom. The number of nitrogens with one attached hydrogen (secondary N) is 2. The Morgan fingerprint density at radius 3 is 2.55 bits per heavy atom. The molecule has 3 nitrogen and oxygen atoms in total. The Hall–Kier alpha value is -1.06. The van der Waals surface area contributed by atoms with Crippen molar-refractivity contribution < 1.29 is 4.79 Å². The Labute approximate surface area is 140 Å². The minimum atomic E-state index is -0.0367. The van der Waals surface area contributed by atoms with Gasteiger partial charge in [0.15, 0.2) is 0 Å². The molecule has 2 rings (SSSR count). The third-order valence-corrected chi connectivity index (χ3v) is 4.47. The summed E-state index contributed by atoms with van der Waals surface area (Å²) in [6.07, 6.45) is 3.97. The molecule has 0 saturated carbocycles. The molecule has 4 heteroatoms. The zero-order chi connectivity index (χ0) is 15.3. The number of benzene rings is 1. The smallest absolute Gasteiger partial charge is 0.221 e. The summed E-state index contributed by atoms with van der Waals surface area (Å²) in [6, 6.07) is 9.10. The van der Waals surface area contributed by atoms with Crippen molar-refractivity contribution in [2.45, 2.75) is 57.9 Å². The number of amides is 1.